The van der Waals surface area contributed by atoms with Crippen LogP contribution in [0.15, 0.2) is 29.3 Å². The Hall–Kier alpha value is -1.75. The smallest absolute Gasteiger partial charge is 0.196 e. The number of anilines is 1. The zero-order valence-corrected chi connectivity index (χ0v) is 11.5. The number of rotatable bonds is 2. The summed E-state index contributed by atoms with van der Waals surface area (Å²) in [6, 6.07) is 7.99. The molecule has 1 atom stereocenters. The van der Waals surface area contributed by atoms with Gasteiger partial charge in [0, 0.05) is 13.1 Å². The number of benzene rings is 1. The molecule has 0 aliphatic carbocycles. The third-order valence-electron chi connectivity index (χ3n) is 4.09. The van der Waals surface area contributed by atoms with Crippen LogP contribution >= 0.6 is 0 Å². The van der Waals surface area contributed by atoms with Gasteiger partial charge in [-0.25, -0.2) is 0 Å². The van der Waals surface area contributed by atoms with Crippen molar-refractivity contribution in [3.8, 4) is 5.75 Å². The second-order valence-corrected chi connectivity index (χ2v) is 5.39. The van der Waals surface area contributed by atoms with Crippen LogP contribution in [0.25, 0.3) is 0 Å². The summed E-state index contributed by atoms with van der Waals surface area (Å²) in [7, 11) is 3.83. The highest BCUT2D eigenvalue weighted by Crippen LogP contribution is 2.39. The van der Waals surface area contributed by atoms with Crippen LogP contribution in [0.2, 0.25) is 0 Å². The number of likely N-dealkylation sites (tertiary alicyclic amines) is 1. The summed E-state index contributed by atoms with van der Waals surface area (Å²) in [5, 5.41) is 0. The van der Waals surface area contributed by atoms with Crippen LogP contribution in [0.5, 0.6) is 5.75 Å². The number of methoxy groups -OCH3 is 1. The molecule has 2 aliphatic heterocycles. The number of likely N-dealkylation sites (N-methyl/N-ethyl adjacent to an activating group) is 1. The fourth-order valence-corrected chi connectivity index (χ4v) is 3.18. The molecular weight excluding hydrogens is 240 g/mol. The Kier molecular flexibility index (Phi) is 2.86. The molecule has 0 radical (unpaired) electrons. The van der Waals surface area contributed by atoms with Crippen molar-refractivity contribution in [1.29, 1.82) is 0 Å². The maximum Gasteiger partial charge on any atom is 0.196 e. The van der Waals surface area contributed by atoms with Crippen LogP contribution in [0, 0.1) is 0 Å². The van der Waals surface area contributed by atoms with E-state index in [1.54, 1.807) is 7.11 Å². The van der Waals surface area contributed by atoms with Gasteiger partial charge in [0.15, 0.2) is 5.96 Å². The zero-order chi connectivity index (χ0) is 13.5. The van der Waals surface area contributed by atoms with E-state index in [0.29, 0.717) is 5.96 Å². The summed E-state index contributed by atoms with van der Waals surface area (Å²) in [4.78, 5) is 8.97. The standard InChI is InChI=1S/C14H20N4O/c1-17-8-7-14(10-17)9-16-13(15)18(14)11-5-3-4-6-12(11)19-2/h3-6H,7-10H2,1-2H3,(H2,15,16). The fraction of sp³-hybridized carbons (Fsp3) is 0.500. The van der Waals surface area contributed by atoms with E-state index < -0.39 is 0 Å². The van der Waals surface area contributed by atoms with Gasteiger partial charge in [-0.3, -0.25) is 9.89 Å². The van der Waals surface area contributed by atoms with Gasteiger partial charge >= 0.3 is 0 Å². The number of aliphatic imine (C=N–C) groups is 1. The maximum atomic E-state index is 6.14. The molecule has 3 rings (SSSR count). The molecule has 5 heteroatoms. The van der Waals surface area contributed by atoms with Crippen molar-refractivity contribution >= 4 is 11.6 Å². The van der Waals surface area contributed by atoms with Crippen molar-refractivity contribution in [2.45, 2.75) is 12.0 Å². The van der Waals surface area contributed by atoms with Gasteiger partial charge in [-0.1, -0.05) is 12.1 Å². The molecule has 5 nitrogen and oxygen atoms in total. The third-order valence-corrected chi connectivity index (χ3v) is 4.09. The Morgan fingerprint density at radius 2 is 2.16 bits per heavy atom. The number of ether oxygens (including phenoxy) is 1. The quantitative estimate of drug-likeness (QED) is 0.858. The Labute approximate surface area is 113 Å². The van der Waals surface area contributed by atoms with Crippen LogP contribution < -0.4 is 15.4 Å². The van der Waals surface area contributed by atoms with Crippen LogP contribution in [0.3, 0.4) is 0 Å². The van der Waals surface area contributed by atoms with E-state index in [9.17, 15) is 0 Å². The van der Waals surface area contributed by atoms with E-state index in [0.717, 1.165) is 37.5 Å². The Morgan fingerprint density at radius 1 is 1.37 bits per heavy atom. The molecule has 1 fully saturated rings. The highest BCUT2D eigenvalue weighted by atomic mass is 16.5. The number of nitrogens with zero attached hydrogens (tertiary/aromatic N) is 3. The van der Waals surface area contributed by atoms with Crippen molar-refractivity contribution < 1.29 is 4.74 Å². The fourth-order valence-electron chi connectivity index (χ4n) is 3.18. The second-order valence-electron chi connectivity index (χ2n) is 5.39. The van der Waals surface area contributed by atoms with Crippen molar-refractivity contribution in [2.24, 2.45) is 10.7 Å². The molecule has 0 saturated carbocycles. The summed E-state index contributed by atoms with van der Waals surface area (Å²) >= 11 is 0. The van der Waals surface area contributed by atoms with Crippen LogP contribution in [-0.4, -0.2) is 50.2 Å². The van der Waals surface area contributed by atoms with Crippen LogP contribution in [0.1, 0.15) is 6.42 Å². The summed E-state index contributed by atoms with van der Waals surface area (Å²) in [6.45, 7) is 2.82. The minimum absolute atomic E-state index is 0.00648. The molecule has 2 heterocycles. The largest absolute Gasteiger partial charge is 0.495 e. The first-order valence-corrected chi connectivity index (χ1v) is 6.58. The van der Waals surface area contributed by atoms with E-state index in [2.05, 4.69) is 21.8 Å². The minimum atomic E-state index is -0.00648. The molecule has 1 unspecified atom stereocenters. The molecule has 102 valence electrons. The van der Waals surface area contributed by atoms with Crippen molar-refractivity contribution in [3.63, 3.8) is 0 Å². The highest BCUT2D eigenvalue weighted by Gasteiger charge is 2.47. The lowest BCUT2D eigenvalue weighted by atomic mass is 9.96. The lowest BCUT2D eigenvalue weighted by molar-refractivity contribution is 0.375. The molecule has 0 amide bonds. The lowest BCUT2D eigenvalue weighted by Gasteiger charge is -2.36. The Morgan fingerprint density at radius 3 is 2.84 bits per heavy atom. The highest BCUT2D eigenvalue weighted by molar-refractivity contribution is 5.99. The predicted octanol–water partition coefficient (Wildman–Crippen LogP) is 0.904. The van der Waals surface area contributed by atoms with Gasteiger partial charge in [0.05, 0.1) is 24.9 Å². The van der Waals surface area contributed by atoms with Crippen molar-refractivity contribution in [1.82, 2.24) is 4.90 Å². The predicted molar refractivity (Wildman–Crippen MR) is 76.8 cm³/mol. The third kappa shape index (κ3) is 1.85. The molecule has 0 aromatic heterocycles. The van der Waals surface area contributed by atoms with Gasteiger partial charge in [-0.2, -0.15) is 0 Å². The number of nitrogens with two attached hydrogens (primary N) is 1. The first-order chi connectivity index (χ1) is 9.16. The minimum Gasteiger partial charge on any atom is -0.495 e. The van der Waals surface area contributed by atoms with E-state index >= 15 is 0 Å². The first-order valence-electron chi connectivity index (χ1n) is 6.58. The van der Waals surface area contributed by atoms with E-state index in [1.165, 1.54) is 0 Å². The maximum absolute atomic E-state index is 6.14. The van der Waals surface area contributed by atoms with E-state index in [1.807, 2.05) is 24.3 Å². The van der Waals surface area contributed by atoms with Gasteiger partial charge in [-0.15, -0.1) is 0 Å². The van der Waals surface area contributed by atoms with Gasteiger partial charge in [0.25, 0.3) is 0 Å². The number of hydrogen-bond acceptors (Lipinski definition) is 5. The lowest BCUT2D eigenvalue weighted by Crippen LogP contribution is -2.53. The first kappa shape index (κ1) is 12.3. The molecular formula is C14H20N4O. The van der Waals surface area contributed by atoms with Crippen LogP contribution in [-0.2, 0) is 0 Å². The van der Waals surface area contributed by atoms with Crippen LogP contribution in [0.4, 0.5) is 5.69 Å². The number of guanidine groups is 1. The summed E-state index contributed by atoms with van der Waals surface area (Å²) < 4.78 is 5.47. The van der Waals surface area contributed by atoms with Crippen molar-refractivity contribution in [3.05, 3.63) is 24.3 Å². The van der Waals surface area contributed by atoms with Crippen molar-refractivity contribution in [2.75, 3.05) is 38.7 Å². The summed E-state index contributed by atoms with van der Waals surface area (Å²) in [5.41, 5.74) is 7.14. The molecule has 1 saturated heterocycles. The van der Waals surface area contributed by atoms with E-state index in [-0.39, 0.29) is 5.54 Å². The Bertz CT molecular complexity index is 516. The molecule has 1 spiro atoms. The van der Waals surface area contributed by atoms with Gasteiger partial charge < -0.3 is 15.4 Å². The van der Waals surface area contributed by atoms with Gasteiger partial charge in [0.2, 0.25) is 0 Å². The van der Waals surface area contributed by atoms with Gasteiger partial charge in [-0.05, 0) is 25.6 Å². The molecule has 2 aliphatic rings. The summed E-state index contributed by atoms with van der Waals surface area (Å²) in [5.74, 6) is 1.44. The monoisotopic (exact) mass is 260 g/mol. The van der Waals surface area contributed by atoms with E-state index in [4.69, 9.17) is 10.5 Å². The second kappa shape index (κ2) is 4.42. The number of para-hydroxylation sites is 2. The molecule has 1 aromatic rings. The summed E-state index contributed by atoms with van der Waals surface area (Å²) in [6.07, 6.45) is 1.08. The Balaban J connectivity index is 2.03. The molecule has 0 bridgehead atoms. The molecule has 2 N–H and O–H groups in total. The average molecular weight is 260 g/mol. The topological polar surface area (TPSA) is 54.1 Å². The zero-order valence-electron chi connectivity index (χ0n) is 11.5. The molecule has 1 aromatic carbocycles. The normalized spacial score (nSPS) is 27.1. The molecule has 19 heavy (non-hydrogen) atoms. The average Bonchev–Trinajstić information content (AvgIpc) is 2.94. The van der Waals surface area contributed by atoms with Gasteiger partial charge in [0.1, 0.15) is 5.75 Å². The number of hydrogen-bond donors (Lipinski definition) is 1. The SMILES string of the molecule is COc1ccccc1N1C(N)=NCC12CCN(C)C2.